The van der Waals surface area contributed by atoms with Crippen LogP contribution in [0.5, 0.6) is 0 Å². The minimum absolute atomic E-state index is 0.0155. The van der Waals surface area contributed by atoms with Crippen molar-refractivity contribution in [3.8, 4) is 33.4 Å². The van der Waals surface area contributed by atoms with Gasteiger partial charge in [0.2, 0.25) is 0 Å². The van der Waals surface area contributed by atoms with Crippen molar-refractivity contribution in [3.05, 3.63) is 121 Å². The van der Waals surface area contributed by atoms with Gasteiger partial charge in [-0.1, -0.05) is 74.5 Å². The number of imidazole rings is 2. The van der Waals surface area contributed by atoms with Crippen LogP contribution in [0.4, 0.5) is 4.39 Å². The largest absolute Gasteiger partial charge is 0.341 e. The van der Waals surface area contributed by atoms with Crippen LogP contribution in [0.1, 0.15) is 57.3 Å². The number of rotatable bonds is 5. The molecule has 0 aliphatic carbocycles. The van der Waals surface area contributed by atoms with Gasteiger partial charge in [-0.3, -0.25) is 5.32 Å². The SMILES string of the molecule is C[C@@H]1C[C@@H](c2nc3ccc(-c4ccc5cc(-c6ccc7cc(-c8ccc9nc([C@@H]%10C[C@@H](C)[C@@H](F)N%10)[nH]c9c8)ccc7c6)ccc5c4)cc3[nH]2)N[C@@H]1C. The lowest BCUT2D eigenvalue weighted by atomic mass is 9.95. The lowest BCUT2D eigenvalue weighted by Gasteiger charge is -2.09. The van der Waals surface area contributed by atoms with Gasteiger partial charge in [0.25, 0.3) is 0 Å². The van der Waals surface area contributed by atoms with Crippen molar-refractivity contribution in [2.45, 2.75) is 58.0 Å². The molecule has 258 valence electrons. The zero-order valence-corrected chi connectivity index (χ0v) is 29.5. The second-order valence-corrected chi connectivity index (χ2v) is 15.3. The van der Waals surface area contributed by atoms with Gasteiger partial charge in [-0.25, -0.2) is 14.4 Å². The molecule has 0 saturated carbocycles. The predicted octanol–water partition coefficient (Wildman–Crippen LogP) is 10.8. The van der Waals surface area contributed by atoms with Gasteiger partial charge in [0.15, 0.2) is 6.30 Å². The van der Waals surface area contributed by atoms with Gasteiger partial charge in [0.1, 0.15) is 11.6 Å². The van der Waals surface area contributed by atoms with Crippen LogP contribution in [-0.2, 0) is 0 Å². The highest BCUT2D eigenvalue weighted by Crippen LogP contribution is 2.36. The lowest BCUT2D eigenvalue weighted by Crippen LogP contribution is -2.24. The van der Waals surface area contributed by atoms with Crippen LogP contribution < -0.4 is 10.6 Å². The van der Waals surface area contributed by atoms with E-state index in [4.69, 9.17) is 9.97 Å². The molecule has 2 aromatic heterocycles. The van der Waals surface area contributed by atoms with Crippen LogP contribution in [-0.4, -0.2) is 32.3 Å². The molecule has 0 bridgehead atoms. The number of halogens is 1. The zero-order chi connectivity index (χ0) is 35.1. The van der Waals surface area contributed by atoms with Gasteiger partial charge >= 0.3 is 0 Å². The Morgan fingerprint density at radius 2 is 0.865 bits per heavy atom. The first-order valence-corrected chi connectivity index (χ1v) is 18.6. The third kappa shape index (κ3) is 5.47. The maximum atomic E-state index is 14.1. The first-order chi connectivity index (χ1) is 25.3. The number of nitrogens with zero attached hydrogens (tertiary/aromatic N) is 2. The molecule has 4 N–H and O–H groups in total. The maximum absolute atomic E-state index is 14.1. The van der Waals surface area contributed by atoms with E-state index in [9.17, 15) is 4.39 Å². The molecule has 6 atom stereocenters. The summed E-state index contributed by atoms with van der Waals surface area (Å²) in [5, 5.41) is 11.6. The summed E-state index contributed by atoms with van der Waals surface area (Å²) in [5.41, 5.74) is 11.0. The summed E-state index contributed by atoms with van der Waals surface area (Å²) < 4.78 is 14.1. The fourth-order valence-electron chi connectivity index (χ4n) is 8.38. The number of benzene rings is 6. The Hall–Kier alpha value is -5.37. The number of H-pyrrole nitrogens is 2. The van der Waals surface area contributed by atoms with E-state index in [1.54, 1.807) is 0 Å². The average Bonchev–Trinajstić information content (AvgIpc) is 3.95. The molecule has 0 amide bonds. The molecule has 7 heteroatoms. The topological polar surface area (TPSA) is 81.4 Å². The van der Waals surface area contributed by atoms with Crippen molar-refractivity contribution in [2.24, 2.45) is 11.8 Å². The van der Waals surface area contributed by atoms with Gasteiger partial charge < -0.3 is 15.3 Å². The monoisotopic (exact) mass is 684 g/mol. The third-order valence-corrected chi connectivity index (χ3v) is 11.7. The normalized spacial score (nSPS) is 23.5. The smallest absolute Gasteiger partial charge is 0.154 e. The number of nitrogens with one attached hydrogen (secondary N) is 4. The van der Waals surface area contributed by atoms with E-state index in [-0.39, 0.29) is 18.0 Å². The van der Waals surface area contributed by atoms with Crippen LogP contribution in [0.15, 0.2) is 109 Å². The highest BCUT2D eigenvalue weighted by Gasteiger charge is 2.33. The zero-order valence-electron chi connectivity index (χ0n) is 29.5. The minimum atomic E-state index is -0.988. The third-order valence-electron chi connectivity index (χ3n) is 11.7. The van der Waals surface area contributed by atoms with Crippen LogP contribution in [0.25, 0.3) is 77.0 Å². The van der Waals surface area contributed by atoms with Gasteiger partial charge in [-0.15, -0.1) is 0 Å². The molecule has 6 nitrogen and oxygen atoms in total. The average molecular weight is 685 g/mol. The molecule has 52 heavy (non-hydrogen) atoms. The van der Waals surface area contributed by atoms with E-state index in [1.807, 2.05) is 6.92 Å². The molecule has 2 saturated heterocycles. The molecule has 2 aliphatic rings. The Morgan fingerprint density at radius 1 is 0.481 bits per heavy atom. The number of hydrogen-bond donors (Lipinski definition) is 4. The van der Waals surface area contributed by atoms with Gasteiger partial charge in [0.05, 0.1) is 34.2 Å². The summed E-state index contributed by atoms with van der Waals surface area (Å²) in [7, 11) is 0. The van der Waals surface area contributed by atoms with E-state index < -0.39 is 6.30 Å². The summed E-state index contributed by atoms with van der Waals surface area (Å²) in [6.07, 6.45) is 0.858. The van der Waals surface area contributed by atoms with Crippen molar-refractivity contribution in [1.29, 1.82) is 0 Å². The minimum Gasteiger partial charge on any atom is -0.341 e. The summed E-state index contributed by atoms with van der Waals surface area (Å²) in [6, 6.07) is 40.4. The van der Waals surface area contributed by atoms with E-state index >= 15 is 0 Å². The van der Waals surface area contributed by atoms with Gasteiger partial charge in [0, 0.05) is 12.0 Å². The highest BCUT2D eigenvalue weighted by atomic mass is 19.1. The molecular weight excluding hydrogens is 644 g/mol. The molecule has 0 spiro atoms. The number of aromatic nitrogens is 4. The molecule has 8 aromatic rings. The Morgan fingerprint density at radius 3 is 1.25 bits per heavy atom. The quantitative estimate of drug-likeness (QED) is 0.136. The van der Waals surface area contributed by atoms with E-state index in [0.29, 0.717) is 12.0 Å². The summed E-state index contributed by atoms with van der Waals surface area (Å²) >= 11 is 0. The lowest BCUT2D eigenvalue weighted by molar-refractivity contribution is 0.247. The summed E-state index contributed by atoms with van der Waals surface area (Å²) in [5.74, 6) is 2.47. The Balaban J connectivity index is 0.889. The number of aromatic amines is 2. The Kier molecular flexibility index (Phi) is 7.31. The van der Waals surface area contributed by atoms with Crippen LogP contribution in [0.2, 0.25) is 0 Å². The second kappa shape index (κ2) is 12.1. The predicted molar refractivity (Wildman–Crippen MR) is 211 cm³/mol. The van der Waals surface area contributed by atoms with Crippen molar-refractivity contribution in [3.63, 3.8) is 0 Å². The van der Waals surface area contributed by atoms with Gasteiger partial charge in [-0.05, 0) is 129 Å². The van der Waals surface area contributed by atoms with Crippen molar-refractivity contribution in [2.75, 3.05) is 0 Å². The molecule has 10 rings (SSSR count). The van der Waals surface area contributed by atoms with Crippen molar-refractivity contribution >= 4 is 43.6 Å². The summed E-state index contributed by atoms with van der Waals surface area (Å²) in [4.78, 5) is 16.7. The van der Waals surface area contributed by atoms with E-state index in [1.165, 1.54) is 43.8 Å². The fraction of sp³-hybridized carbons (Fsp3) is 0.244. The molecule has 6 aromatic carbocycles. The van der Waals surface area contributed by atoms with E-state index in [0.717, 1.165) is 57.7 Å². The first-order valence-electron chi connectivity index (χ1n) is 18.6. The van der Waals surface area contributed by atoms with Gasteiger partial charge in [-0.2, -0.15) is 0 Å². The van der Waals surface area contributed by atoms with Crippen LogP contribution >= 0.6 is 0 Å². The molecule has 0 unspecified atom stereocenters. The maximum Gasteiger partial charge on any atom is 0.154 e. The molecule has 2 aliphatic heterocycles. The first kappa shape index (κ1) is 31.4. The summed E-state index contributed by atoms with van der Waals surface area (Å²) in [6.45, 7) is 6.50. The standard InChI is InChI=1S/C45H41FN6/c1-24-16-41(47-26(24)3)44-49-37-14-12-35(22-39(37)51-44)33-10-8-29-18-27(4-6-31(29)20-33)28-5-7-32-21-34(11-9-30(32)19-28)36-13-15-38-40(23-36)52-45(50-38)42-17-25(2)43(46)48-42/h4-15,18-26,41-43,47-48H,16-17H2,1-3H3,(H,49,51)(H,50,52)/t24-,25-,26-,41+,42+,43+/m1/s1. The fourth-order valence-corrected chi connectivity index (χ4v) is 8.38. The number of fused-ring (bicyclic) bond motifs is 4. The molecule has 4 heterocycles. The second-order valence-electron chi connectivity index (χ2n) is 15.3. The van der Waals surface area contributed by atoms with Crippen LogP contribution in [0, 0.1) is 11.8 Å². The highest BCUT2D eigenvalue weighted by molar-refractivity contribution is 5.95. The van der Waals surface area contributed by atoms with E-state index in [2.05, 4.69) is 144 Å². The molecule has 2 fully saturated rings. The van der Waals surface area contributed by atoms with Crippen molar-refractivity contribution in [1.82, 2.24) is 30.6 Å². The Labute approximate surface area is 301 Å². The Bertz CT molecular complexity index is 2450. The number of alkyl halides is 1. The van der Waals surface area contributed by atoms with Crippen LogP contribution in [0.3, 0.4) is 0 Å². The van der Waals surface area contributed by atoms with Crippen molar-refractivity contribution < 1.29 is 4.39 Å². The molecule has 0 radical (unpaired) electrons. The number of hydrogen-bond acceptors (Lipinski definition) is 4. The molecular formula is C45H41FN6.